The van der Waals surface area contributed by atoms with Crippen molar-refractivity contribution in [2.75, 3.05) is 13.6 Å². The van der Waals surface area contributed by atoms with Gasteiger partial charge in [0.1, 0.15) is 12.1 Å². The zero-order valence-electron chi connectivity index (χ0n) is 15.7. The summed E-state index contributed by atoms with van der Waals surface area (Å²) in [5, 5.41) is 6.94. The molecule has 1 aromatic heterocycles. The van der Waals surface area contributed by atoms with Gasteiger partial charge in [-0.1, -0.05) is 13.3 Å². The van der Waals surface area contributed by atoms with Crippen molar-refractivity contribution in [3.63, 3.8) is 0 Å². The number of carbonyl (C=O) groups is 3. The lowest BCUT2D eigenvalue weighted by Gasteiger charge is -2.34. The highest BCUT2D eigenvalue weighted by molar-refractivity contribution is 6.09. The molecule has 4 amide bonds. The monoisotopic (exact) mass is 361 g/mol. The van der Waals surface area contributed by atoms with Crippen molar-refractivity contribution in [3.05, 3.63) is 18.0 Å². The van der Waals surface area contributed by atoms with Crippen molar-refractivity contribution in [2.45, 2.75) is 51.1 Å². The largest absolute Gasteiger partial charge is 0.340 e. The fourth-order valence-corrected chi connectivity index (χ4v) is 3.91. The summed E-state index contributed by atoms with van der Waals surface area (Å²) in [5.74, 6) is 0.100. The molecule has 26 heavy (non-hydrogen) atoms. The van der Waals surface area contributed by atoms with Gasteiger partial charge in [-0.2, -0.15) is 5.10 Å². The predicted molar refractivity (Wildman–Crippen MR) is 94.9 cm³/mol. The average Bonchev–Trinajstić information content (AvgIpc) is 3.12. The molecule has 0 aromatic carbocycles. The van der Waals surface area contributed by atoms with E-state index in [1.807, 2.05) is 13.2 Å². The molecule has 1 saturated heterocycles. The van der Waals surface area contributed by atoms with Crippen LogP contribution >= 0.6 is 0 Å². The molecular weight excluding hydrogens is 334 g/mol. The Balaban J connectivity index is 1.61. The molecule has 142 valence electrons. The second kappa shape index (κ2) is 7.09. The van der Waals surface area contributed by atoms with Crippen molar-refractivity contribution < 1.29 is 14.4 Å². The zero-order chi connectivity index (χ0) is 18.9. The molecule has 1 spiro atoms. The van der Waals surface area contributed by atoms with Crippen LogP contribution in [0.5, 0.6) is 0 Å². The van der Waals surface area contributed by atoms with Crippen molar-refractivity contribution in [1.29, 1.82) is 0 Å². The number of nitrogens with zero attached hydrogens (tertiary/aromatic N) is 4. The van der Waals surface area contributed by atoms with E-state index in [1.165, 1.54) is 4.90 Å². The van der Waals surface area contributed by atoms with Gasteiger partial charge in [-0.15, -0.1) is 0 Å². The first-order valence-corrected chi connectivity index (χ1v) is 9.20. The summed E-state index contributed by atoms with van der Waals surface area (Å²) >= 11 is 0. The molecule has 2 heterocycles. The molecule has 0 unspecified atom stereocenters. The third kappa shape index (κ3) is 3.45. The van der Waals surface area contributed by atoms with E-state index in [-0.39, 0.29) is 18.4 Å². The van der Waals surface area contributed by atoms with Crippen molar-refractivity contribution in [1.82, 2.24) is 24.9 Å². The summed E-state index contributed by atoms with van der Waals surface area (Å²) in [6.07, 6.45) is 7.81. The van der Waals surface area contributed by atoms with Gasteiger partial charge >= 0.3 is 6.03 Å². The molecule has 0 radical (unpaired) electrons. The molecule has 8 nitrogen and oxygen atoms in total. The minimum atomic E-state index is -0.801. The minimum absolute atomic E-state index is 0.222. The van der Waals surface area contributed by atoms with Gasteiger partial charge < -0.3 is 10.2 Å². The number of rotatable bonds is 5. The standard InChI is InChI=1S/C18H27N5O3/c1-4-13-5-7-18(8-6-13)16(25)23(17(26)20-18)12-15(24)21(2)10-14-9-19-22(3)11-14/h9,11,13H,4-8,10,12H2,1-3H3,(H,20,26). The highest BCUT2D eigenvalue weighted by Gasteiger charge is 2.52. The first-order valence-electron chi connectivity index (χ1n) is 9.20. The van der Waals surface area contributed by atoms with Crippen LogP contribution < -0.4 is 5.32 Å². The molecule has 2 fully saturated rings. The second-order valence-corrected chi connectivity index (χ2v) is 7.53. The number of hydrogen-bond acceptors (Lipinski definition) is 4. The van der Waals surface area contributed by atoms with Crippen LogP contribution in [0.15, 0.2) is 12.4 Å². The van der Waals surface area contributed by atoms with Gasteiger partial charge in [0, 0.05) is 32.4 Å². The fraction of sp³-hybridized carbons (Fsp3) is 0.667. The van der Waals surface area contributed by atoms with Crippen LogP contribution in [-0.4, -0.2) is 56.6 Å². The summed E-state index contributed by atoms with van der Waals surface area (Å²) in [4.78, 5) is 40.3. The Bertz CT molecular complexity index is 705. The number of carbonyl (C=O) groups excluding carboxylic acids is 3. The lowest BCUT2D eigenvalue weighted by atomic mass is 9.75. The van der Waals surface area contributed by atoms with Crippen LogP contribution in [0.25, 0.3) is 0 Å². The first-order chi connectivity index (χ1) is 12.3. The lowest BCUT2D eigenvalue weighted by Crippen LogP contribution is -2.50. The molecule has 1 N–H and O–H groups in total. The molecule has 0 atom stereocenters. The number of urea groups is 1. The Morgan fingerprint density at radius 2 is 2.08 bits per heavy atom. The maximum atomic E-state index is 12.9. The van der Waals surface area contributed by atoms with Gasteiger partial charge in [-0.05, 0) is 31.6 Å². The minimum Gasteiger partial charge on any atom is -0.340 e. The number of likely N-dealkylation sites (N-methyl/N-ethyl adjacent to an activating group) is 1. The van der Waals surface area contributed by atoms with Gasteiger partial charge in [0.15, 0.2) is 0 Å². The SMILES string of the molecule is CCC1CCC2(CC1)NC(=O)N(CC(=O)N(C)Cc1cnn(C)c1)C2=O. The highest BCUT2D eigenvalue weighted by atomic mass is 16.2. The number of aryl methyl sites for hydroxylation is 1. The number of aromatic nitrogens is 2. The normalized spacial score (nSPS) is 25.7. The van der Waals surface area contributed by atoms with Crippen LogP contribution in [0, 0.1) is 5.92 Å². The van der Waals surface area contributed by atoms with E-state index in [4.69, 9.17) is 0 Å². The number of amides is 4. The van der Waals surface area contributed by atoms with Gasteiger partial charge in [-0.3, -0.25) is 19.2 Å². The van der Waals surface area contributed by atoms with Gasteiger partial charge in [0.2, 0.25) is 5.91 Å². The molecule has 0 bridgehead atoms. The van der Waals surface area contributed by atoms with E-state index in [0.29, 0.717) is 25.3 Å². The zero-order valence-corrected chi connectivity index (χ0v) is 15.7. The third-order valence-electron chi connectivity index (χ3n) is 5.68. The maximum absolute atomic E-state index is 12.9. The van der Waals surface area contributed by atoms with E-state index in [9.17, 15) is 14.4 Å². The molecular formula is C18H27N5O3. The van der Waals surface area contributed by atoms with Crippen LogP contribution in [0.4, 0.5) is 4.79 Å². The van der Waals surface area contributed by atoms with Crippen LogP contribution in [-0.2, 0) is 23.2 Å². The smallest absolute Gasteiger partial charge is 0.325 e. The molecule has 1 aliphatic heterocycles. The second-order valence-electron chi connectivity index (χ2n) is 7.53. The third-order valence-corrected chi connectivity index (χ3v) is 5.68. The van der Waals surface area contributed by atoms with E-state index < -0.39 is 11.6 Å². The molecule has 1 saturated carbocycles. The van der Waals surface area contributed by atoms with E-state index in [1.54, 1.807) is 17.9 Å². The Kier molecular flexibility index (Phi) is 5.02. The number of imide groups is 1. The van der Waals surface area contributed by atoms with Crippen molar-refractivity contribution in [2.24, 2.45) is 13.0 Å². The number of hydrogen-bond donors (Lipinski definition) is 1. The summed E-state index contributed by atoms with van der Waals surface area (Å²) in [5.41, 5.74) is 0.0974. The summed E-state index contributed by atoms with van der Waals surface area (Å²) in [6.45, 7) is 2.32. The van der Waals surface area contributed by atoms with Crippen LogP contribution in [0.3, 0.4) is 0 Å². The molecule has 3 rings (SSSR count). The Morgan fingerprint density at radius 3 is 2.65 bits per heavy atom. The molecule has 1 aliphatic carbocycles. The van der Waals surface area contributed by atoms with Gasteiger partial charge in [0.05, 0.1) is 6.20 Å². The Labute approximate surface area is 153 Å². The summed E-state index contributed by atoms with van der Waals surface area (Å²) in [6, 6.07) is -0.451. The summed E-state index contributed by atoms with van der Waals surface area (Å²) in [7, 11) is 3.47. The molecule has 2 aliphatic rings. The fourth-order valence-electron chi connectivity index (χ4n) is 3.91. The van der Waals surface area contributed by atoms with E-state index in [2.05, 4.69) is 17.3 Å². The first kappa shape index (κ1) is 18.4. The van der Waals surface area contributed by atoms with Gasteiger partial charge in [0.25, 0.3) is 5.91 Å². The highest BCUT2D eigenvalue weighted by Crippen LogP contribution is 2.37. The van der Waals surface area contributed by atoms with Crippen molar-refractivity contribution >= 4 is 17.8 Å². The lowest BCUT2D eigenvalue weighted by molar-refractivity contribution is -0.139. The van der Waals surface area contributed by atoms with Gasteiger partial charge in [-0.25, -0.2) is 4.79 Å². The van der Waals surface area contributed by atoms with Crippen LogP contribution in [0.1, 0.15) is 44.6 Å². The maximum Gasteiger partial charge on any atom is 0.325 e. The van der Waals surface area contributed by atoms with Crippen LogP contribution in [0.2, 0.25) is 0 Å². The summed E-state index contributed by atoms with van der Waals surface area (Å²) < 4.78 is 1.67. The topological polar surface area (TPSA) is 87.5 Å². The number of nitrogens with one attached hydrogen (secondary N) is 1. The molecule has 8 heteroatoms. The van der Waals surface area contributed by atoms with E-state index in [0.717, 1.165) is 29.7 Å². The Hall–Kier alpha value is -2.38. The average molecular weight is 361 g/mol. The quantitative estimate of drug-likeness (QED) is 0.800. The Morgan fingerprint density at radius 1 is 1.38 bits per heavy atom. The molecule has 1 aromatic rings. The van der Waals surface area contributed by atoms with Crippen molar-refractivity contribution in [3.8, 4) is 0 Å². The van der Waals surface area contributed by atoms with E-state index >= 15 is 0 Å². The predicted octanol–water partition coefficient (Wildman–Crippen LogP) is 1.27.